The third-order valence-electron chi connectivity index (χ3n) is 8.81. The molecule has 0 N–H and O–H groups in total. The first-order chi connectivity index (χ1) is 22.4. The first-order valence-corrected chi connectivity index (χ1v) is 19.0. The number of rotatable bonds is 25. The van der Waals surface area contributed by atoms with Crippen LogP contribution in [0.25, 0.3) is 4.85 Å². The van der Waals surface area contributed by atoms with Crippen LogP contribution in [0.5, 0.6) is 11.5 Å². The molecule has 46 heavy (non-hydrogen) atoms. The number of anilines is 1. The van der Waals surface area contributed by atoms with Gasteiger partial charge in [0.2, 0.25) is 0 Å². The second-order valence-electron chi connectivity index (χ2n) is 12.6. The summed E-state index contributed by atoms with van der Waals surface area (Å²) in [6.07, 6.45) is 16.4. The summed E-state index contributed by atoms with van der Waals surface area (Å²) in [4.78, 5) is 6.06. The van der Waals surface area contributed by atoms with Crippen molar-refractivity contribution in [2.24, 2.45) is 22.1 Å². The van der Waals surface area contributed by atoms with Crippen LogP contribution in [0, 0.1) is 18.4 Å². The summed E-state index contributed by atoms with van der Waals surface area (Å²) in [5.74, 6) is 2.63. The van der Waals surface area contributed by atoms with Gasteiger partial charge in [0.15, 0.2) is 5.69 Å². The molecule has 0 aliphatic heterocycles. The predicted octanol–water partition coefficient (Wildman–Crippen LogP) is 13.8. The Bertz CT molecular complexity index is 1190. The Balaban J connectivity index is 2.63. The molecule has 0 aliphatic carbocycles. The van der Waals surface area contributed by atoms with E-state index >= 15 is 0 Å². The molecule has 256 valence electrons. The topological polar surface area (TPSA) is 50.8 Å². The zero-order valence-corrected chi connectivity index (χ0v) is 31.3. The van der Waals surface area contributed by atoms with Gasteiger partial charge in [-0.2, -0.15) is 0 Å². The molecule has 0 aliphatic rings. The molecule has 0 saturated carbocycles. The zero-order chi connectivity index (χ0) is 33.6. The molecule has 0 spiro atoms. The van der Waals surface area contributed by atoms with Crippen molar-refractivity contribution in [1.82, 2.24) is 0 Å². The number of unbranched alkanes of at least 4 members (excludes halogenated alkanes) is 6. The molecule has 2 aromatic carbocycles. The fraction of sp³-hybridized carbons (Fsp3) is 0.667. The molecule has 2 atom stereocenters. The average Bonchev–Trinajstić information content (AvgIpc) is 3.07. The van der Waals surface area contributed by atoms with Gasteiger partial charge in [-0.3, -0.25) is 0 Å². The molecule has 0 saturated heterocycles. The Morgan fingerprint density at radius 3 is 1.74 bits per heavy atom. The molecule has 2 unspecified atom stereocenters. The van der Waals surface area contributed by atoms with Crippen molar-refractivity contribution in [3.05, 3.63) is 46.2 Å². The van der Waals surface area contributed by atoms with Crippen LogP contribution in [0.3, 0.4) is 0 Å². The number of hydrogen-bond acceptors (Lipinski definition) is 5. The van der Waals surface area contributed by atoms with Gasteiger partial charge in [0.1, 0.15) is 17.2 Å². The van der Waals surface area contributed by atoms with E-state index in [2.05, 4.69) is 84.5 Å². The lowest BCUT2D eigenvalue weighted by Crippen LogP contribution is -2.27. The van der Waals surface area contributed by atoms with Crippen LogP contribution in [-0.4, -0.2) is 26.3 Å². The minimum atomic E-state index is 0.494. The molecule has 0 amide bonds. The normalized spacial score (nSPS) is 12.7. The van der Waals surface area contributed by atoms with Crippen LogP contribution >= 0.6 is 15.9 Å². The van der Waals surface area contributed by atoms with E-state index in [0.717, 1.165) is 66.9 Å². The van der Waals surface area contributed by atoms with Crippen LogP contribution < -0.4 is 14.4 Å². The van der Waals surface area contributed by atoms with Gasteiger partial charge in [0.25, 0.3) is 0 Å². The van der Waals surface area contributed by atoms with Crippen molar-refractivity contribution in [3.8, 4) is 11.5 Å². The quantitative estimate of drug-likeness (QED) is 0.0589. The lowest BCUT2D eigenvalue weighted by molar-refractivity contribution is 0.228. The fourth-order valence-electron chi connectivity index (χ4n) is 5.52. The maximum atomic E-state index is 7.34. The largest absolute Gasteiger partial charge is 0.491 e. The van der Waals surface area contributed by atoms with Gasteiger partial charge >= 0.3 is 0 Å². The van der Waals surface area contributed by atoms with E-state index in [-0.39, 0.29) is 0 Å². The number of benzene rings is 2. The van der Waals surface area contributed by atoms with Crippen LogP contribution in [0.1, 0.15) is 131 Å². The zero-order valence-electron chi connectivity index (χ0n) is 29.8. The monoisotopic (exact) mass is 696 g/mol. The van der Waals surface area contributed by atoms with Crippen molar-refractivity contribution >= 4 is 38.7 Å². The highest BCUT2D eigenvalue weighted by molar-refractivity contribution is 9.10. The number of nitrogens with zero attached hydrogens (tertiary/aromatic N) is 4. The second-order valence-corrected chi connectivity index (χ2v) is 13.4. The number of azo groups is 1. The Morgan fingerprint density at radius 1 is 0.696 bits per heavy atom. The predicted molar refractivity (Wildman–Crippen MR) is 200 cm³/mol. The first-order valence-electron chi connectivity index (χ1n) is 18.2. The third-order valence-corrected chi connectivity index (χ3v) is 9.44. The lowest BCUT2D eigenvalue weighted by atomic mass is 10.0. The highest BCUT2D eigenvalue weighted by atomic mass is 79.9. The summed E-state index contributed by atoms with van der Waals surface area (Å²) >= 11 is 3.58. The number of ether oxygens (including phenoxy) is 2. The summed E-state index contributed by atoms with van der Waals surface area (Å²) in [6.45, 7) is 24.2. The maximum Gasteiger partial charge on any atom is 0.188 e. The second kappa shape index (κ2) is 23.7. The lowest BCUT2D eigenvalue weighted by Gasteiger charge is -2.29. The first kappa shape index (κ1) is 39.6. The third kappa shape index (κ3) is 14.0. The number of hydrogen-bond donors (Lipinski definition) is 0. The molecular formula is C39H61BrN4O2. The summed E-state index contributed by atoms with van der Waals surface area (Å²) in [6, 6.07) is 9.61. The molecule has 2 aromatic rings. The van der Waals surface area contributed by atoms with Crippen molar-refractivity contribution in [2.75, 3.05) is 31.2 Å². The molecule has 0 heterocycles. The van der Waals surface area contributed by atoms with Gasteiger partial charge in [-0.05, 0) is 65.6 Å². The van der Waals surface area contributed by atoms with Crippen molar-refractivity contribution in [3.63, 3.8) is 0 Å². The Kier molecular flexibility index (Phi) is 20.4. The molecule has 0 bridgehead atoms. The molecular weight excluding hydrogens is 636 g/mol. The highest BCUT2D eigenvalue weighted by Gasteiger charge is 2.20. The fourth-order valence-corrected chi connectivity index (χ4v) is 5.96. The maximum absolute atomic E-state index is 7.34. The Labute approximate surface area is 289 Å². The van der Waals surface area contributed by atoms with E-state index in [9.17, 15) is 0 Å². The van der Waals surface area contributed by atoms with Gasteiger partial charge in [0.05, 0.1) is 31.2 Å². The average molecular weight is 698 g/mol. The summed E-state index contributed by atoms with van der Waals surface area (Å²) in [5, 5.41) is 9.39. The highest BCUT2D eigenvalue weighted by Crippen LogP contribution is 2.43. The number of halogens is 1. The Morgan fingerprint density at radius 2 is 1.24 bits per heavy atom. The van der Waals surface area contributed by atoms with Crippen molar-refractivity contribution in [1.29, 1.82) is 0 Å². The molecule has 0 radical (unpaired) electrons. The minimum Gasteiger partial charge on any atom is -0.491 e. The van der Waals surface area contributed by atoms with E-state index in [1.54, 1.807) is 12.1 Å². The van der Waals surface area contributed by atoms with Crippen LogP contribution in [0.2, 0.25) is 0 Å². The van der Waals surface area contributed by atoms with Crippen molar-refractivity contribution in [2.45, 2.75) is 131 Å². The van der Waals surface area contributed by atoms with Crippen LogP contribution in [0.4, 0.5) is 22.7 Å². The molecule has 0 fully saturated rings. The van der Waals surface area contributed by atoms with Gasteiger partial charge in [0, 0.05) is 29.7 Å². The summed E-state index contributed by atoms with van der Waals surface area (Å²) in [7, 11) is 0. The molecule has 6 nitrogen and oxygen atoms in total. The van der Waals surface area contributed by atoms with Gasteiger partial charge < -0.3 is 14.4 Å². The smallest absolute Gasteiger partial charge is 0.188 e. The van der Waals surface area contributed by atoms with E-state index < -0.39 is 0 Å². The Hall–Kier alpha value is -2.59. The van der Waals surface area contributed by atoms with Crippen molar-refractivity contribution < 1.29 is 9.47 Å². The van der Waals surface area contributed by atoms with Gasteiger partial charge in [-0.15, -0.1) is 10.2 Å². The standard InChI is InChI=1S/C39H61BrN4O2/c1-8-14-18-24-44(25-19-15-9-2)37-28-38(45-29-31(12-5)20-16-10-3)36(27-39(37)46-30-32(13-6)21-17-11-4)43-42-35-23-22-33(41-7)26-34(35)40/h22-23,26-28,31-32H,8-21,24-25,29-30H2,1-6H3. The van der Waals surface area contributed by atoms with Crippen LogP contribution in [0.15, 0.2) is 45.0 Å². The van der Waals surface area contributed by atoms with E-state index in [1.165, 1.54) is 57.8 Å². The van der Waals surface area contributed by atoms with Gasteiger partial charge in [-0.25, -0.2) is 4.85 Å². The van der Waals surface area contributed by atoms with Crippen LogP contribution in [-0.2, 0) is 0 Å². The molecule has 2 rings (SSSR count). The van der Waals surface area contributed by atoms with E-state index in [4.69, 9.17) is 21.2 Å². The molecule has 0 aromatic heterocycles. The summed E-state index contributed by atoms with van der Waals surface area (Å²) in [5.41, 5.74) is 3.02. The SMILES string of the molecule is [C-]#[N+]c1ccc(N=Nc2cc(OCC(CC)CCCC)c(N(CCCCC)CCCCC)cc2OCC(CC)CCCC)c(Br)c1. The van der Waals surface area contributed by atoms with E-state index in [1.807, 2.05) is 6.07 Å². The van der Waals surface area contributed by atoms with E-state index in [0.29, 0.717) is 42.1 Å². The van der Waals surface area contributed by atoms with Gasteiger partial charge in [-0.1, -0.05) is 112 Å². The molecule has 7 heteroatoms. The minimum absolute atomic E-state index is 0.494. The summed E-state index contributed by atoms with van der Waals surface area (Å²) < 4.78 is 14.1.